The second kappa shape index (κ2) is 30.1. The Morgan fingerprint density at radius 2 is 1.17 bits per heavy atom. The zero-order chi connectivity index (χ0) is 49.9. The Morgan fingerprint density at radius 3 is 1.68 bits per heavy atom. The summed E-state index contributed by atoms with van der Waals surface area (Å²) < 4.78 is 0. The number of carbonyl (C=O) groups is 10. The minimum atomic E-state index is -1.53. The molecule has 0 fully saturated rings. The third-order valence-electron chi connectivity index (χ3n) is 9.64. The number of unbranched alkanes of at least 4 members (excludes halogenated alkanes) is 1. The maximum Gasteiger partial charge on any atom is 0.326 e. The summed E-state index contributed by atoms with van der Waals surface area (Å²) in [4.78, 5) is 127. The van der Waals surface area contributed by atoms with E-state index in [9.17, 15) is 63.3 Å². The van der Waals surface area contributed by atoms with Crippen molar-refractivity contribution < 1.29 is 63.3 Å². The SMILES string of the molecule is CC(C)[C@H](NC(=O)CNC(=O)[C@H](CCC(N)=O)NC(=O)[C@H](Cc1ccc(O)cc1)NC(=O)CNC(=O)[C@H](CCC(=O)O)NC(=O)[C@@H](N)CCCCN)C(=O)N[C@@H](CCCNC(=N)N)C(=O)O. The summed E-state index contributed by atoms with van der Waals surface area (Å²) >= 11 is 0. The fourth-order valence-electron chi connectivity index (χ4n) is 5.99. The standard InChI is InChI=1S/C40H65N13O13/c1-21(2)33(38(64)52-27(39(65)66)7-5-17-46-40(44)45)53-31(57)20-48-35(61)25(12-14-29(43)55)51-37(63)28(18-22-8-10-23(54)11-9-22)49-30(56)19-47-36(62)26(13-15-32(58)59)50-34(60)24(42)6-3-4-16-41/h8-11,21,24-28,33,54H,3-7,12-20,41-42H2,1-2H3,(H2,43,55)(H,47,62)(H,48,61)(H,49,56)(H,50,60)(H,51,63)(H,52,64)(H,53,57)(H,58,59)(H,65,66)(H4,44,45,46)/t24-,25-,26-,27-,28-,33-/m0/s1. The summed E-state index contributed by atoms with van der Waals surface area (Å²) in [6, 6.07) is -2.54. The van der Waals surface area contributed by atoms with E-state index in [0.29, 0.717) is 24.9 Å². The summed E-state index contributed by atoms with van der Waals surface area (Å²) in [5, 5.41) is 54.9. The second-order valence-electron chi connectivity index (χ2n) is 15.5. The van der Waals surface area contributed by atoms with Crippen LogP contribution in [0, 0.1) is 11.3 Å². The van der Waals surface area contributed by atoms with Crippen LogP contribution >= 0.6 is 0 Å². The van der Waals surface area contributed by atoms with E-state index in [1.165, 1.54) is 24.3 Å². The van der Waals surface area contributed by atoms with Gasteiger partial charge in [0.25, 0.3) is 0 Å². The molecule has 26 heteroatoms. The first kappa shape index (κ1) is 56.9. The van der Waals surface area contributed by atoms with Crippen LogP contribution in [0.5, 0.6) is 5.75 Å². The van der Waals surface area contributed by atoms with Crippen molar-refractivity contribution in [2.24, 2.45) is 28.9 Å². The van der Waals surface area contributed by atoms with E-state index >= 15 is 0 Å². The number of guanidine groups is 1. The first-order chi connectivity index (χ1) is 31.0. The van der Waals surface area contributed by atoms with Crippen LogP contribution < -0.4 is 65.5 Å². The highest BCUT2D eigenvalue weighted by atomic mass is 16.4. The lowest BCUT2D eigenvalue weighted by molar-refractivity contribution is -0.142. The van der Waals surface area contributed by atoms with Crippen LogP contribution in [-0.2, 0) is 54.4 Å². The predicted molar refractivity (Wildman–Crippen MR) is 235 cm³/mol. The van der Waals surface area contributed by atoms with Gasteiger partial charge in [-0.25, -0.2) is 4.79 Å². The summed E-state index contributed by atoms with van der Waals surface area (Å²) in [5.74, 6) is -10.7. The van der Waals surface area contributed by atoms with E-state index in [2.05, 4.69) is 42.5 Å². The lowest BCUT2D eigenvalue weighted by atomic mass is 10.0. The first-order valence-electron chi connectivity index (χ1n) is 21.1. The lowest BCUT2D eigenvalue weighted by Crippen LogP contribution is -2.57. The molecule has 20 N–H and O–H groups in total. The smallest absolute Gasteiger partial charge is 0.326 e. The Balaban J connectivity index is 3.15. The molecule has 66 heavy (non-hydrogen) atoms. The third kappa shape index (κ3) is 23.6. The summed E-state index contributed by atoms with van der Waals surface area (Å²) in [6.07, 6.45) is -0.358. The molecule has 0 saturated carbocycles. The number of nitrogens with two attached hydrogens (primary N) is 4. The first-order valence-corrected chi connectivity index (χ1v) is 21.1. The van der Waals surface area contributed by atoms with Crippen molar-refractivity contribution in [2.75, 3.05) is 26.2 Å². The molecule has 0 aliphatic rings. The number of nitrogens with one attached hydrogen (secondary N) is 9. The molecular formula is C40H65N13O13. The van der Waals surface area contributed by atoms with Gasteiger partial charge >= 0.3 is 11.9 Å². The molecule has 1 aromatic carbocycles. The molecule has 0 saturated heterocycles. The number of carboxylic acid groups (broad SMARTS) is 2. The Labute approximate surface area is 380 Å². The van der Waals surface area contributed by atoms with E-state index in [-0.39, 0.29) is 56.8 Å². The molecule has 1 rings (SSSR count). The second-order valence-corrected chi connectivity index (χ2v) is 15.5. The quantitative estimate of drug-likeness (QED) is 0.0183. The van der Waals surface area contributed by atoms with Gasteiger partial charge in [0.05, 0.1) is 19.1 Å². The summed E-state index contributed by atoms with van der Waals surface area (Å²) in [6.45, 7) is 2.18. The van der Waals surface area contributed by atoms with Crippen molar-refractivity contribution in [1.82, 2.24) is 42.5 Å². The van der Waals surface area contributed by atoms with E-state index < -0.39 is 127 Å². The van der Waals surface area contributed by atoms with E-state index in [0.717, 1.165) is 0 Å². The molecule has 0 radical (unpaired) electrons. The molecule has 6 atom stereocenters. The van der Waals surface area contributed by atoms with Gasteiger partial charge in [0.1, 0.15) is 36.0 Å². The van der Waals surface area contributed by atoms with E-state index in [1.807, 2.05) is 0 Å². The number of rotatable bonds is 32. The molecule has 8 amide bonds. The van der Waals surface area contributed by atoms with Crippen molar-refractivity contribution in [3.63, 3.8) is 0 Å². The maximum atomic E-state index is 13.8. The van der Waals surface area contributed by atoms with Crippen LogP contribution in [0.3, 0.4) is 0 Å². The molecule has 0 spiro atoms. The molecule has 26 nitrogen and oxygen atoms in total. The summed E-state index contributed by atoms with van der Waals surface area (Å²) in [5.41, 5.74) is 22.3. The van der Waals surface area contributed by atoms with Gasteiger partial charge in [-0.2, -0.15) is 0 Å². The van der Waals surface area contributed by atoms with Crippen LogP contribution in [0.2, 0.25) is 0 Å². The number of primary amides is 1. The molecule has 0 bridgehead atoms. The number of phenols is 1. The molecule has 0 aromatic heterocycles. The number of amides is 8. The number of aliphatic carboxylic acids is 2. The third-order valence-corrected chi connectivity index (χ3v) is 9.64. The van der Waals surface area contributed by atoms with Gasteiger partial charge < -0.3 is 80.8 Å². The van der Waals surface area contributed by atoms with Crippen LogP contribution in [0.1, 0.15) is 77.2 Å². The highest BCUT2D eigenvalue weighted by Gasteiger charge is 2.31. The number of benzene rings is 1. The Bertz CT molecular complexity index is 1850. The van der Waals surface area contributed by atoms with Crippen molar-refractivity contribution in [2.45, 2.75) is 114 Å². The highest BCUT2D eigenvalue weighted by molar-refractivity contribution is 5.96. The molecule has 1 aromatic rings. The topological polar surface area (TPSA) is 456 Å². The van der Waals surface area contributed by atoms with Gasteiger partial charge in [0.2, 0.25) is 47.3 Å². The van der Waals surface area contributed by atoms with Crippen LogP contribution in [0.25, 0.3) is 0 Å². The number of carbonyl (C=O) groups excluding carboxylic acids is 8. The highest BCUT2D eigenvalue weighted by Crippen LogP contribution is 2.12. The van der Waals surface area contributed by atoms with Crippen LogP contribution in [-0.4, -0.2) is 143 Å². The van der Waals surface area contributed by atoms with Gasteiger partial charge in [-0.15, -0.1) is 0 Å². The normalized spacial score (nSPS) is 13.5. The fourth-order valence-corrected chi connectivity index (χ4v) is 5.99. The fraction of sp³-hybridized carbons (Fsp3) is 0.575. The average Bonchev–Trinajstić information content (AvgIpc) is 3.24. The number of hydrogen-bond donors (Lipinski definition) is 16. The molecular weight excluding hydrogens is 871 g/mol. The zero-order valence-corrected chi connectivity index (χ0v) is 37.0. The predicted octanol–water partition coefficient (Wildman–Crippen LogP) is -4.82. The van der Waals surface area contributed by atoms with Crippen molar-refractivity contribution in [1.29, 1.82) is 5.41 Å². The number of hydrogen-bond acceptors (Lipinski definition) is 14. The molecule has 0 unspecified atom stereocenters. The van der Waals surface area contributed by atoms with Gasteiger partial charge in [-0.3, -0.25) is 48.6 Å². The minimum Gasteiger partial charge on any atom is -0.508 e. The Kier molecular flexibility index (Phi) is 26.0. The monoisotopic (exact) mass is 935 g/mol. The Hall–Kier alpha value is -7.09. The average molecular weight is 936 g/mol. The zero-order valence-electron chi connectivity index (χ0n) is 37.0. The van der Waals surface area contributed by atoms with Crippen LogP contribution in [0.4, 0.5) is 0 Å². The largest absolute Gasteiger partial charge is 0.508 e. The van der Waals surface area contributed by atoms with E-state index in [1.54, 1.807) is 13.8 Å². The van der Waals surface area contributed by atoms with E-state index in [4.69, 9.17) is 28.3 Å². The van der Waals surface area contributed by atoms with Crippen molar-refractivity contribution >= 4 is 65.2 Å². The van der Waals surface area contributed by atoms with Crippen molar-refractivity contribution in [3.05, 3.63) is 29.8 Å². The molecule has 0 heterocycles. The van der Waals surface area contributed by atoms with Crippen LogP contribution in [0.15, 0.2) is 24.3 Å². The molecule has 368 valence electrons. The molecule has 0 aliphatic heterocycles. The molecule has 0 aliphatic carbocycles. The maximum absolute atomic E-state index is 13.8. The Morgan fingerprint density at radius 1 is 0.621 bits per heavy atom. The number of aromatic hydroxyl groups is 1. The van der Waals surface area contributed by atoms with Crippen molar-refractivity contribution in [3.8, 4) is 5.75 Å². The number of carboxylic acids is 2. The van der Waals surface area contributed by atoms with Gasteiger partial charge in [-0.05, 0) is 68.7 Å². The minimum absolute atomic E-state index is 0.0329. The van der Waals surface area contributed by atoms with Gasteiger partial charge in [0.15, 0.2) is 5.96 Å². The van der Waals surface area contributed by atoms with Gasteiger partial charge in [0, 0.05) is 25.8 Å². The van der Waals surface area contributed by atoms with Gasteiger partial charge in [-0.1, -0.05) is 32.4 Å². The lowest BCUT2D eigenvalue weighted by Gasteiger charge is -2.25. The number of phenolic OH excluding ortho intramolecular Hbond substituents is 1. The summed E-state index contributed by atoms with van der Waals surface area (Å²) in [7, 11) is 0.